The van der Waals surface area contributed by atoms with E-state index < -0.39 is 0 Å². The molecule has 1 aromatic carbocycles. The van der Waals surface area contributed by atoms with Crippen molar-refractivity contribution in [1.29, 1.82) is 0 Å². The van der Waals surface area contributed by atoms with Crippen LogP contribution in [0.15, 0.2) is 36.4 Å². The summed E-state index contributed by atoms with van der Waals surface area (Å²) in [5.41, 5.74) is 1.45. The second kappa shape index (κ2) is 4.08. The fourth-order valence-electron chi connectivity index (χ4n) is 1.56. The molecule has 0 bridgehead atoms. The lowest BCUT2D eigenvalue weighted by atomic mass is 10.1. The molecule has 68 valence electrons. The summed E-state index contributed by atoms with van der Waals surface area (Å²) in [7, 11) is 0. The molecular weight excluding hydrogens is 156 g/mol. The second-order valence-electron chi connectivity index (χ2n) is 3.17. The number of hydrogen-bond donors (Lipinski definition) is 0. The zero-order valence-electron chi connectivity index (χ0n) is 7.25. The van der Waals surface area contributed by atoms with Crippen LogP contribution in [0.1, 0.15) is 20.8 Å². The Balaban J connectivity index is 0.000000845. The molecule has 0 radical (unpaired) electrons. The fourth-order valence-corrected chi connectivity index (χ4v) is 1.56. The van der Waals surface area contributed by atoms with Gasteiger partial charge in [-0.25, -0.2) is 0 Å². The van der Waals surface area contributed by atoms with Crippen LogP contribution < -0.4 is 10.4 Å². The summed E-state index contributed by atoms with van der Waals surface area (Å²) in [6.45, 7) is 2.20. The van der Waals surface area contributed by atoms with Crippen LogP contribution >= 0.6 is 0 Å². The summed E-state index contributed by atoms with van der Waals surface area (Å²) < 4.78 is 0. The van der Waals surface area contributed by atoms with Crippen LogP contribution in [0.5, 0.6) is 0 Å². The molecular formula is C13H16. The third-order valence-corrected chi connectivity index (χ3v) is 2.26. The first-order valence-electron chi connectivity index (χ1n) is 4.29. The van der Waals surface area contributed by atoms with Gasteiger partial charge in [0.25, 0.3) is 0 Å². The van der Waals surface area contributed by atoms with E-state index in [9.17, 15) is 0 Å². The first-order valence-corrected chi connectivity index (χ1v) is 4.29. The van der Waals surface area contributed by atoms with Crippen molar-refractivity contribution in [1.82, 2.24) is 0 Å². The highest BCUT2D eigenvalue weighted by atomic mass is 14.0. The van der Waals surface area contributed by atoms with Gasteiger partial charge < -0.3 is 0 Å². The van der Waals surface area contributed by atoms with E-state index in [0.717, 1.165) is 6.42 Å². The van der Waals surface area contributed by atoms with E-state index >= 15 is 0 Å². The lowest BCUT2D eigenvalue weighted by Crippen LogP contribution is -2.24. The van der Waals surface area contributed by atoms with Crippen LogP contribution in [0.25, 0.3) is 11.6 Å². The maximum Gasteiger partial charge on any atom is -0.0129 e. The minimum Gasteiger partial charge on any atom is -0.0804 e. The van der Waals surface area contributed by atoms with E-state index in [0.29, 0.717) is 0 Å². The highest BCUT2D eigenvalue weighted by Gasteiger charge is 1.92. The molecule has 0 N–H and O–H groups in total. The molecule has 0 unspecified atom stereocenters. The Kier molecular flexibility index (Phi) is 3.07. The van der Waals surface area contributed by atoms with E-state index in [1.54, 1.807) is 0 Å². The summed E-state index contributed by atoms with van der Waals surface area (Å²) in [6, 6.07) is 8.53. The Morgan fingerprint density at radius 3 is 2.77 bits per heavy atom. The first-order chi connectivity index (χ1) is 5.88. The van der Waals surface area contributed by atoms with Crippen LogP contribution in [0.2, 0.25) is 0 Å². The van der Waals surface area contributed by atoms with Gasteiger partial charge in [-0.1, -0.05) is 55.5 Å². The molecule has 1 aliphatic rings. The van der Waals surface area contributed by atoms with E-state index in [4.69, 9.17) is 0 Å². The van der Waals surface area contributed by atoms with Gasteiger partial charge in [0.2, 0.25) is 0 Å². The Labute approximate surface area is 79.9 Å². The Morgan fingerprint density at radius 1 is 1.15 bits per heavy atom. The lowest BCUT2D eigenvalue weighted by Gasteiger charge is -1.94. The molecule has 13 heavy (non-hydrogen) atoms. The topological polar surface area (TPSA) is 0 Å². The predicted molar refractivity (Wildman–Crippen MR) is 59.7 cm³/mol. The van der Waals surface area contributed by atoms with Crippen LogP contribution in [0.3, 0.4) is 0 Å². The number of rotatable bonds is 0. The van der Waals surface area contributed by atoms with Gasteiger partial charge in [-0.3, -0.25) is 0 Å². The highest BCUT2D eigenvalue weighted by molar-refractivity contribution is 5.51. The third-order valence-electron chi connectivity index (χ3n) is 2.26. The highest BCUT2D eigenvalue weighted by Crippen LogP contribution is 2.00. The van der Waals surface area contributed by atoms with E-state index in [-0.39, 0.29) is 7.43 Å². The summed E-state index contributed by atoms with van der Waals surface area (Å²) in [4.78, 5) is 0. The van der Waals surface area contributed by atoms with Gasteiger partial charge in [0.1, 0.15) is 0 Å². The fraction of sp³-hybridized carbons (Fsp3) is 0.231. The van der Waals surface area contributed by atoms with Crippen molar-refractivity contribution >= 4 is 11.6 Å². The lowest BCUT2D eigenvalue weighted by molar-refractivity contribution is 1.34. The van der Waals surface area contributed by atoms with Crippen LogP contribution in [0, 0.1) is 0 Å². The maximum absolute atomic E-state index is 2.20. The molecule has 0 saturated heterocycles. The van der Waals surface area contributed by atoms with Crippen LogP contribution in [0.4, 0.5) is 0 Å². The maximum atomic E-state index is 2.20. The minimum absolute atomic E-state index is 0. The van der Waals surface area contributed by atoms with Crippen molar-refractivity contribution in [2.24, 2.45) is 0 Å². The molecule has 2 rings (SSSR count). The van der Waals surface area contributed by atoms with Gasteiger partial charge >= 0.3 is 0 Å². The van der Waals surface area contributed by atoms with Crippen molar-refractivity contribution in [3.8, 4) is 0 Å². The van der Waals surface area contributed by atoms with Gasteiger partial charge in [-0.05, 0) is 23.8 Å². The van der Waals surface area contributed by atoms with E-state index in [1.807, 2.05) is 0 Å². The minimum atomic E-state index is 0. The zero-order chi connectivity index (χ0) is 8.39. The molecule has 0 nitrogen and oxygen atoms in total. The molecule has 0 atom stereocenters. The Morgan fingerprint density at radius 2 is 1.92 bits per heavy atom. The Hall–Kier alpha value is -1.30. The van der Waals surface area contributed by atoms with Crippen molar-refractivity contribution in [2.75, 3.05) is 0 Å². The standard InChI is InChI=1S/C12H12.CH4/c1-10-6-2-3-7-11-8-4-5-9-12(10)11;/h2-5,7-9H,6H2,1H3;1H4. The molecule has 0 amide bonds. The van der Waals surface area contributed by atoms with Crippen molar-refractivity contribution in [2.45, 2.75) is 20.8 Å². The summed E-state index contributed by atoms with van der Waals surface area (Å²) in [6.07, 6.45) is 7.59. The van der Waals surface area contributed by atoms with Gasteiger partial charge in [-0.15, -0.1) is 0 Å². The van der Waals surface area contributed by atoms with Crippen molar-refractivity contribution in [3.05, 3.63) is 46.9 Å². The van der Waals surface area contributed by atoms with Gasteiger partial charge in [0, 0.05) is 0 Å². The molecule has 0 aromatic heterocycles. The van der Waals surface area contributed by atoms with Crippen LogP contribution in [-0.4, -0.2) is 0 Å². The third kappa shape index (κ3) is 1.89. The normalized spacial score (nSPS) is 13.8. The number of benzene rings is 1. The predicted octanol–water partition coefficient (Wildman–Crippen LogP) is 2.23. The molecule has 0 fully saturated rings. The monoisotopic (exact) mass is 172 g/mol. The van der Waals surface area contributed by atoms with E-state index in [2.05, 4.69) is 49.4 Å². The average Bonchev–Trinajstić information content (AvgIpc) is 2.29. The summed E-state index contributed by atoms with van der Waals surface area (Å²) in [5, 5.41) is 2.73. The van der Waals surface area contributed by atoms with Crippen molar-refractivity contribution < 1.29 is 0 Å². The SMILES string of the molecule is C.CC1=c2ccccc2=CC=CC1. The average molecular weight is 172 g/mol. The summed E-state index contributed by atoms with van der Waals surface area (Å²) >= 11 is 0. The first kappa shape index (κ1) is 9.79. The van der Waals surface area contributed by atoms with Gasteiger partial charge in [0.05, 0.1) is 0 Å². The second-order valence-corrected chi connectivity index (χ2v) is 3.17. The number of allylic oxidation sites excluding steroid dienone is 2. The summed E-state index contributed by atoms with van der Waals surface area (Å²) in [5.74, 6) is 0. The van der Waals surface area contributed by atoms with Crippen LogP contribution in [-0.2, 0) is 0 Å². The molecule has 1 aromatic rings. The Bertz CT molecular complexity index is 422. The quantitative estimate of drug-likeness (QED) is 0.563. The molecule has 0 saturated carbocycles. The van der Waals surface area contributed by atoms with Gasteiger partial charge in [-0.2, -0.15) is 0 Å². The van der Waals surface area contributed by atoms with E-state index in [1.165, 1.54) is 16.0 Å². The molecule has 1 aliphatic carbocycles. The smallest absolute Gasteiger partial charge is 0.0129 e. The number of hydrogen-bond acceptors (Lipinski definition) is 0. The number of fused-ring (bicyclic) bond motifs is 1. The zero-order valence-corrected chi connectivity index (χ0v) is 7.25. The molecule has 0 heteroatoms. The molecule has 0 aliphatic heterocycles. The van der Waals surface area contributed by atoms with Crippen molar-refractivity contribution in [3.63, 3.8) is 0 Å². The molecule has 0 heterocycles. The largest absolute Gasteiger partial charge is 0.0804 e. The van der Waals surface area contributed by atoms with Gasteiger partial charge in [0.15, 0.2) is 0 Å². The molecule has 0 spiro atoms.